The molecular formula is C9H13N2O3S+. The van der Waals surface area contributed by atoms with Gasteiger partial charge in [-0.05, 0) is 6.92 Å². The Bertz CT molecular complexity index is 362. The lowest BCUT2D eigenvalue weighted by Gasteiger charge is -1.95. The SMILES string of the molecule is CCOC(=O)Cc1csc(CC(N)=O)[nH+]1. The van der Waals surface area contributed by atoms with Crippen LogP contribution in [0.3, 0.4) is 0 Å². The molecule has 0 fully saturated rings. The number of nitrogens with one attached hydrogen (secondary N) is 1. The maximum atomic E-state index is 11.1. The highest BCUT2D eigenvalue weighted by Crippen LogP contribution is 2.06. The third kappa shape index (κ3) is 4.07. The van der Waals surface area contributed by atoms with E-state index in [9.17, 15) is 9.59 Å². The molecule has 0 bridgehead atoms. The summed E-state index contributed by atoms with van der Waals surface area (Å²) in [5, 5.41) is 2.54. The van der Waals surface area contributed by atoms with Gasteiger partial charge in [0, 0.05) is 0 Å². The standard InChI is InChI=1S/C9H12N2O3S/c1-2-14-9(13)3-6-5-15-8(11-6)4-7(10)12/h5H,2-4H2,1H3,(H2,10,12)/p+1. The van der Waals surface area contributed by atoms with Gasteiger partial charge in [-0.2, -0.15) is 0 Å². The number of hydrogen-bond acceptors (Lipinski definition) is 4. The van der Waals surface area contributed by atoms with Gasteiger partial charge in [-0.15, -0.1) is 0 Å². The summed E-state index contributed by atoms with van der Waals surface area (Å²) in [6, 6.07) is 0. The van der Waals surface area contributed by atoms with Gasteiger partial charge in [0.1, 0.15) is 12.8 Å². The minimum Gasteiger partial charge on any atom is -0.466 e. The largest absolute Gasteiger partial charge is 0.466 e. The molecule has 1 rings (SSSR count). The van der Waals surface area contributed by atoms with E-state index in [-0.39, 0.29) is 18.8 Å². The van der Waals surface area contributed by atoms with Crippen molar-refractivity contribution < 1.29 is 19.3 Å². The Morgan fingerprint density at radius 2 is 2.27 bits per heavy atom. The van der Waals surface area contributed by atoms with Gasteiger partial charge in [-0.3, -0.25) is 9.59 Å². The van der Waals surface area contributed by atoms with Gasteiger partial charge in [-0.1, -0.05) is 11.3 Å². The Hall–Kier alpha value is -1.43. The highest BCUT2D eigenvalue weighted by molar-refractivity contribution is 7.09. The minimum absolute atomic E-state index is 0.174. The fraction of sp³-hybridized carbons (Fsp3) is 0.444. The number of aromatic nitrogens is 1. The summed E-state index contributed by atoms with van der Waals surface area (Å²) >= 11 is 1.37. The lowest BCUT2D eigenvalue weighted by atomic mass is 10.3. The summed E-state index contributed by atoms with van der Waals surface area (Å²) < 4.78 is 4.79. The van der Waals surface area contributed by atoms with Crippen LogP contribution in [-0.2, 0) is 27.2 Å². The summed E-state index contributed by atoms with van der Waals surface area (Å²) in [6.45, 7) is 2.13. The van der Waals surface area contributed by atoms with Gasteiger partial charge in [0.05, 0.1) is 12.0 Å². The van der Waals surface area contributed by atoms with Crippen LogP contribution in [0.2, 0.25) is 0 Å². The second-order valence-electron chi connectivity index (χ2n) is 2.93. The first-order valence-corrected chi connectivity index (χ1v) is 5.42. The summed E-state index contributed by atoms with van der Waals surface area (Å²) in [6.07, 6.45) is 0.372. The van der Waals surface area contributed by atoms with Crippen molar-refractivity contribution in [1.29, 1.82) is 0 Å². The Morgan fingerprint density at radius 3 is 2.87 bits per heavy atom. The maximum Gasteiger partial charge on any atom is 0.316 e. The molecule has 1 amide bonds. The third-order valence-electron chi connectivity index (χ3n) is 1.62. The number of carbonyl (C=O) groups is 2. The van der Waals surface area contributed by atoms with Crippen LogP contribution in [0.1, 0.15) is 17.6 Å². The summed E-state index contributed by atoms with van der Waals surface area (Å²) in [5.74, 6) is -0.673. The van der Waals surface area contributed by atoms with E-state index < -0.39 is 5.91 Å². The number of esters is 1. The molecule has 0 aliphatic heterocycles. The van der Waals surface area contributed by atoms with Gasteiger partial charge in [0.2, 0.25) is 16.6 Å². The van der Waals surface area contributed by atoms with E-state index in [1.807, 2.05) is 0 Å². The molecule has 0 saturated carbocycles. The highest BCUT2D eigenvalue weighted by atomic mass is 32.1. The predicted molar refractivity (Wildman–Crippen MR) is 54.1 cm³/mol. The maximum absolute atomic E-state index is 11.1. The number of amides is 1. The number of rotatable bonds is 5. The van der Waals surface area contributed by atoms with Crippen LogP contribution in [0.5, 0.6) is 0 Å². The molecule has 0 radical (unpaired) electrons. The molecule has 82 valence electrons. The normalized spacial score (nSPS) is 9.93. The second kappa shape index (κ2) is 5.45. The molecule has 1 aromatic rings. The molecule has 6 heteroatoms. The van der Waals surface area contributed by atoms with Gasteiger partial charge < -0.3 is 10.5 Å². The smallest absolute Gasteiger partial charge is 0.316 e. The van der Waals surface area contributed by atoms with E-state index in [0.29, 0.717) is 6.61 Å². The van der Waals surface area contributed by atoms with Crippen LogP contribution in [0.15, 0.2) is 5.38 Å². The van der Waals surface area contributed by atoms with Gasteiger partial charge in [-0.25, -0.2) is 4.98 Å². The third-order valence-corrected chi connectivity index (χ3v) is 2.55. The first-order valence-electron chi connectivity index (χ1n) is 4.54. The van der Waals surface area contributed by atoms with Crippen molar-refractivity contribution in [2.45, 2.75) is 19.8 Å². The Balaban J connectivity index is 2.52. The lowest BCUT2D eigenvalue weighted by Crippen LogP contribution is -2.21. The average molecular weight is 229 g/mol. The number of H-pyrrole nitrogens is 1. The van der Waals surface area contributed by atoms with Gasteiger partial charge in [0.15, 0.2) is 0 Å². The van der Waals surface area contributed by atoms with Crippen LogP contribution in [0.4, 0.5) is 0 Å². The molecule has 0 spiro atoms. The average Bonchev–Trinajstić information content (AvgIpc) is 2.51. The van der Waals surface area contributed by atoms with Gasteiger partial charge in [0.25, 0.3) is 0 Å². The summed E-state index contributed by atoms with van der Waals surface area (Å²) in [5.41, 5.74) is 5.78. The van der Waals surface area contributed by atoms with Crippen molar-refractivity contribution in [1.82, 2.24) is 0 Å². The molecular weight excluding hydrogens is 216 g/mol. The number of carbonyl (C=O) groups excluding carboxylic acids is 2. The highest BCUT2D eigenvalue weighted by Gasteiger charge is 2.15. The zero-order valence-corrected chi connectivity index (χ0v) is 9.23. The fourth-order valence-corrected chi connectivity index (χ4v) is 1.92. The predicted octanol–water partition coefficient (Wildman–Crippen LogP) is -0.304. The Morgan fingerprint density at radius 1 is 1.53 bits per heavy atom. The topological polar surface area (TPSA) is 83.5 Å². The summed E-state index contributed by atoms with van der Waals surface area (Å²) in [4.78, 5) is 24.7. The lowest BCUT2D eigenvalue weighted by molar-refractivity contribution is -0.392. The minimum atomic E-state index is -0.393. The first kappa shape index (κ1) is 11.6. The molecule has 0 atom stereocenters. The number of nitrogens with two attached hydrogens (primary N) is 1. The number of hydrogen-bond donors (Lipinski definition) is 1. The van der Waals surface area contributed by atoms with Crippen LogP contribution in [0, 0.1) is 0 Å². The molecule has 0 aromatic carbocycles. The quantitative estimate of drug-likeness (QED) is 0.703. The van der Waals surface area contributed by atoms with E-state index in [0.717, 1.165) is 10.7 Å². The van der Waals surface area contributed by atoms with Crippen LogP contribution in [-0.4, -0.2) is 18.5 Å². The Kier molecular flexibility index (Phi) is 4.23. The molecule has 0 unspecified atom stereocenters. The van der Waals surface area contributed by atoms with Crippen LogP contribution < -0.4 is 10.7 Å². The number of thiazole rings is 1. The molecule has 1 heterocycles. The van der Waals surface area contributed by atoms with E-state index in [4.69, 9.17) is 10.5 Å². The molecule has 3 N–H and O–H groups in total. The van der Waals surface area contributed by atoms with Crippen LogP contribution in [0.25, 0.3) is 0 Å². The first-order chi connectivity index (χ1) is 7.11. The van der Waals surface area contributed by atoms with Crippen molar-refractivity contribution in [3.05, 3.63) is 16.1 Å². The van der Waals surface area contributed by atoms with Crippen molar-refractivity contribution in [3.8, 4) is 0 Å². The number of aromatic amines is 1. The van der Waals surface area contributed by atoms with Crippen LogP contribution >= 0.6 is 11.3 Å². The van der Waals surface area contributed by atoms with E-state index in [2.05, 4.69) is 4.98 Å². The van der Waals surface area contributed by atoms with Crippen molar-refractivity contribution in [2.24, 2.45) is 5.73 Å². The summed E-state index contributed by atoms with van der Waals surface area (Å²) in [7, 11) is 0. The number of ether oxygens (including phenoxy) is 1. The molecule has 0 saturated heterocycles. The fourth-order valence-electron chi connectivity index (χ4n) is 1.08. The van der Waals surface area contributed by atoms with E-state index in [1.54, 1.807) is 12.3 Å². The van der Waals surface area contributed by atoms with Gasteiger partial charge >= 0.3 is 5.97 Å². The van der Waals surface area contributed by atoms with Crippen molar-refractivity contribution in [3.63, 3.8) is 0 Å². The Labute approximate surface area is 91.3 Å². The van der Waals surface area contributed by atoms with E-state index in [1.165, 1.54) is 11.3 Å². The molecule has 1 aromatic heterocycles. The molecule has 0 aliphatic rings. The zero-order chi connectivity index (χ0) is 11.3. The van der Waals surface area contributed by atoms with E-state index >= 15 is 0 Å². The molecule has 5 nitrogen and oxygen atoms in total. The monoisotopic (exact) mass is 229 g/mol. The molecule has 15 heavy (non-hydrogen) atoms. The van der Waals surface area contributed by atoms with Crippen molar-refractivity contribution in [2.75, 3.05) is 6.61 Å². The molecule has 0 aliphatic carbocycles. The zero-order valence-electron chi connectivity index (χ0n) is 8.41. The number of primary amides is 1. The van der Waals surface area contributed by atoms with Crippen molar-refractivity contribution >= 4 is 23.2 Å². The second-order valence-corrected chi connectivity index (χ2v) is 3.90.